The maximum atomic E-state index is 16.5. The van der Waals surface area contributed by atoms with Gasteiger partial charge in [0.2, 0.25) is 0 Å². The molecule has 0 fully saturated rings. The molecule has 0 saturated heterocycles. The Kier molecular flexibility index (Phi) is 10.1. The summed E-state index contributed by atoms with van der Waals surface area (Å²) in [6.45, 7) is -1.85. The van der Waals surface area contributed by atoms with Gasteiger partial charge in [0.05, 0.1) is 34.1 Å². The van der Waals surface area contributed by atoms with Crippen molar-refractivity contribution in [3.05, 3.63) is 265 Å². The van der Waals surface area contributed by atoms with E-state index in [1.807, 2.05) is 142 Å². The summed E-state index contributed by atoms with van der Waals surface area (Å²) in [5.74, 6) is -5.49. The molecule has 12 aromatic rings. The zero-order valence-corrected chi connectivity index (χ0v) is 46.2. The van der Waals surface area contributed by atoms with Crippen molar-refractivity contribution in [3.63, 3.8) is 0 Å². The number of hydrogen-bond acceptors (Lipinski definition) is 6. The molecule has 0 amide bonds. The summed E-state index contributed by atoms with van der Waals surface area (Å²) >= 11 is 0. The summed E-state index contributed by atoms with van der Waals surface area (Å²) in [5.41, 5.74) is 15.5. The van der Waals surface area contributed by atoms with Gasteiger partial charge in [-0.2, -0.15) is 0 Å². The Labute approximate surface area is 504 Å². The maximum Gasteiger partial charge on any atom is 0.252 e. The van der Waals surface area contributed by atoms with Crippen molar-refractivity contribution in [2.24, 2.45) is 0 Å². The lowest BCUT2D eigenvalue weighted by molar-refractivity contribution is 0.478. The van der Waals surface area contributed by atoms with Crippen molar-refractivity contribution in [2.75, 3.05) is 24.5 Å². The molecule has 0 radical (unpaired) electrons. The van der Waals surface area contributed by atoms with Gasteiger partial charge in [-0.05, 0) is 157 Å². The SMILES string of the molecule is Fc1cc(F)cc(N2c3ccccc3B3c4cc5c(cc4N(c4cc(F)cc(F)c4)c4cc(-c6ccccc6)cc2c43)N(c2cc(F)cc(F)c2)c2cc3c4c6c2B5c2cccc5c2N6c2c(cccc2B4c2ccccc2N3c2cc(F)cc(F)c2)O5)c1. The molecule has 19 rings (SSSR count). The van der Waals surface area contributed by atoms with E-state index in [1.54, 1.807) is 4.90 Å². The Morgan fingerprint density at radius 2 is 0.584 bits per heavy atom. The fraction of sp³-hybridized carbons (Fsp3) is 0. The normalized spacial score (nSPS) is 14.2. The molecule has 7 aliphatic heterocycles. The number of rotatable bonds is 5. The third-order valence-electron chi connectivity index (χ3n) is 18.7. The number of halogens is 8. The molecule has 0 spiro atoms. The molecule has 0 aromatic heterocycles. The van der Waals surface area contributed by atoms with E-state index in [9.17, 15) is 0 Å². The predicted molar refractivity (Wildman–Crippen MR) is 339 cm³/mol. The summed E-state index contributed by atoms with van der Waals surface area (Å²) in [6, 6.07) is 60.1. The second-order valence-corrected chi connectivity index (χ2v) is 23.4. The lowest BCUT2D eigenvalue weighted by atomic mass is 9.28. The molecule has 7 heterocycles. The third-order valence-corrected chi connectivity index (χ3v) is 18.7. The first kappa shape index (κ1) is 50.2. The Morgan fingerprint density at radius 1 is 0.236 bits per heavy atom. The summed E-state index contributed by atoms with van der Waals surface area (Å²) < 4.78 is 136. The highest BCUT2D eigenvalue weighted by molar-refractivity contribution is 7.06. The Balaban J connectivity index is 0.973. The topological polar surface area (TPSA) is 25.4 Å². The minimum atomic E-state index is -0.865. The molecule has 0 saturated carbocycles. The Bertz CT molecular complexity index is 5150. The maximum absolute atomic E-state index is 16.5. The van der Waals surface area contributed by atoms with Crippen LogP contribution in [0.2, 0.25) is 0 Å². The molecule has 7 aliphatic rings. The van der Waals surface area contributed by atoms with Gasteiger partial charge in [0.15, 0.2) is 11.5 Å². The van der Waals surface area contributed by atoms with Gasteiger partial charge in [0.1, 0.15) is 46.5 Å². The Morgan fingerprint density at radius 3 is 1.02 bits per heavy atom. The van der Waals surface area contributed by atoms with Crippen molar-refractivity contribution in [2.45, 2.75) is 0 Å². The van der Waals surface area contributed by atoms with E-state index < -0.39 is 66.7 Å². The molecule has 0 bridgehead atoms. The monoisotopic (exact) mass is 1170 g/mol. The van der Waals surface area contributed by atoms with Crippen LogP contribution in [-0.4, -0.2) is 20.1 Å². The first-order valence-corrected chi connectivity index (χ1v) is 29.0. The minimum Gasteiger partial charge on any atom is -0.453 e. The van der Waals surface area contributed by atoms with E-state index in [2.05, 4.69) is 23.1 Å². The van der Waals surface area contributed by atoms with Crippen LogP contribution in [0, 0.1) is 46.5 Å². The summed E-state index contributed by atoms with van der Waals surface area (Å²) in [5, 5.41) is 0. The second kappa shape index (κ2) is 17.9. The van der Waals surface area contributed by atoms with Crippen molar-refractivity contribution < 1.29 is 39.9 Å². The molecular weight excluding hydrogens is 1140 g/mol. The average Bonchev–Trinajstić information content (AvgIpc) is 0.667. The fourth-order valence-electron chi connectivity index (χ4n) is 15.7. The van der Waals surface area contributed by atoms with Crippen LogP contribution in [0.5, 0.6) is 11.5 Å². The first-order valence-electron chi connectivity index (χ1n) is 29.0. The molecule has 6 nitrogen and oxygen atoms in total. The zero-order chi connectivity index (χ0) is 59.6. The Hall–Kier alpha value is -10.9. The third kappa shape index (κ3) is 6.89. The lowest BCUT2D eigenvalue weighted by Gasteiger charge is -2.52. The molecule has 420 valence electrons. The number of benzene rings is 12. The molecule has 12 aromatic carbocycles. The summed E-state index contributed by atoms with van der Waals surface area (Å²) in [6.07, 6.45) is 0. The van der Waals surface area contributed by atoms with Gasteiger partial charge in [-0.15, -0.1) is 0 Å². The number of para-hydroxylation sites is 4. The fourth-order valence-corrected chi connectivity index (χ4v) is 15.7. The minimum absolute atomic E-state index is 0.0919. The standard InChI is InChI=1S/C72H36B3F8N5O/c76-39-22-40(77)27-47(26-39)84-58-17-7-5-13-52(58)74-55-34-56-60(35-59(55)86(49-30-43(80)24-44(81)31-49)62-21-38(20-61(84)67(62)74)37-10-2-1-3-11-37)87(50-32-45(82)25-46(83)33-50)64-36-63-68-72-69(64)75(56)54-15-9-19-66-71(54)88(72)70-53(14-8-18-65(70)89-66)73(68)51-12-4-6-16-57(51)85(63)48-28-41(78)23-42(79)29-48/h1-36H. The molecule has 0 atom stereocenters. The number of nitrogens with zero attached hydrogens (tertiary/aromatic N) is 5. The molecule has 89 heavy (non-hydrogen) atoms. The highest BCUT2D eigenvalue weighted by atomic mass is 19.2. The van der Waals surface area contributed by atoms with Gasteiger partial charge in [0, 0.05) is 75.5 Å². The summed E-state index contributed by atoms with van der Waals surface area (Å²) in [4.78, 5) is 9.52. The highest BCUT2D eigenvalue weighted by Gasteiger charge is 2.55. The average molecular weight is 1170 g/mol. The van der Waals surface area contributed by atoms with E-state index in [1.165, 1.54) is 48.5 Å². The van der Waals surface area contributed by atoms with E-state index in [0.717, 1.165) is 79.7 Å². The molecule has 0 unspecified atom stereocenters. The van der Waals surface area contributed by atoms with Gasteiger partial charge < -0.3 is 29.2 Å². The van der Waals surface area contributed by atoms with Gasteiger partial charge >= 0.3 is 0 Å². The lowest BCUT2D eigenvalue weighted by Crippen LogP contribution is -2.69. The zero-order valence-electron chi connectivity index (χ0n) is 46.2. The van der Waals surface area contributed by atoms with Crippen molar-refractivity contribution >= 4 is 155 Å². The molecule has 17 heteroatoms. The van der Waals surface area contributed by atoms with E-state index in [4.69, 9.17) is 4.74 Å². The van der Waals surface area contributed by atoms with Crippen molar-refractivity contribution in [3.8, 4) is 22.6 Å². The number of ether oxygens (including phenoxy) is 1. The summed E-state index contributed by atoms with van der Waals surface area (Å²) in [7, 11) is 0. The van der Waals surface area contributed by atoms with Crippen LogP contribution < -0.4 is 78.4 Å². The molecule has 0 N–H and O–H groups in total. The second-order valence-electron chi connectivity index (χ2n) is 23.4. The van der Waals surface area contributed by atoms with Gasteiger partial charge in [-0.3, -0.25) is 0 Å². The van der Waals surface area contributed by atoms with E-state index in [0.29, 0.717) is 78.9 Å². The van der Waals surface area contributed by atoms with Crippen LogP contribution in [-0.2, 0) is 0 Å². The first-order chi connectivity index (χ1) is 43.4. The predicted octanol–water partition coefficient (Wildman–Crippen LogP) is 13.4. The molecule has 0 aliphatic carbocycles. The van der Waals surface area contributed by atoms with Gasteiger partial charge in [-0.25, -0.2) is 35.1 Å². The van der Waals surface area contributed by atoms with Crippen LogP contribution in [0.25, 0.3) is 11.1 Å². The van der Waals surface area contributed by atoms with Crippen molar-refractivity contribution in [1.29, 1.82) is 0 Å². The number of anilines is 15. The largest absolute Gasteiger partial charge is 0.453 e. The number of hydrogen-bond donors (Lipinski definition) is 0. The van der Waals surface area contributed by atoms with Crippen molar-refractivity contribution in [1.82, 2.24) is 0 Å². The van der Waals surface area contributed by atoms with Crippen LogP contribution in [0.3, 0.4) is 0 Å². The smallest absolute Gasteiger partial charge is 0.252 e. The number of fused-ring (bicyclic) bond motifs is 10. The van der Waals surface area contributed by atoms with Gasteiger partial charge in [-0.1, -0.05) is 97.1 Å². The van der Waals surface area contributed by atoms with E-state index in [-0.39, 0.29) is 22.7 Å². The van der Waals surface area contributed by atoms with Crippen LogP contribution >= 0.6 is 0 Å². The van der Waals surface area contributed by atoms with Crippen LogP contribution in [0.15, 0.2) is 218 Å². The van der Waals surface area contributed by atoms with Crippen LogP contribution in [0.4, 0.5) is 120 Å². The van der Waals surface area contributed by atoms with Crippen LogP contribution in [0.1, 0.15) is 0 Å². The molecular formula is C72H36B3F8N5O. The quantitative estimate of drug-likeness (QED) is 0.126. The van der Waals surface area contributed by atoms with E-state index >= 15 is 35.1 Å². The van der Waals surface area contributed by atoms with Gasteiger partial charge in [0.25, 0.3) is 20.1 Å². The highest BCUT2D eigenvalue weighted by Crippen LogP contribution is 2.57.